The summed E-state index contributed by atoms with van der Waals surface area (Å²) in [6.45, 7) is 5.88. The van der Waals surface area contributed by atoms with Gasteiger partial charge in [-0.1, -0.05) is 0 Å². The van der Waals surface area contributed by atoms with Gasteiger partial charge in [-0.25, -0.2) is 9.97 Å². The highest BCUT2D eigenvalue weighted by atomic mass is 16.5. The van der Waals surface area contributed by atoms with Crippen LogP contribution >= 0.6 is 0 Å². The molecule has 0 aromatic carbocycles. The Bertz CT molecular complexity index is 687. The highest BCUT2D eigenvalue weighted by molar-refractivity contribution is 5.56. The number of rotatable bonds is 4. The molecule has 0 unspecified atom stereocenters. The van der Waals surface area contributed by atoms with Gasteiger partial charge in [0.1, 0.15) is 5.82 Å². The molecule has 24 heavy (non-hydrogen) atoms. The Labute approximate surface area is 142 Å². The Balaban J connectivity index is 1.54. The predicted octanol–water partition coefficient (Wildman–Crippen LogP) is 2.12. The van der Waals surface area contributed by atoms with E-state index in [2.05, 4.69) is 20.2 Å². The molecule has 0 aliphatic carbocycles. The molecule has 2 aromatic rings. The first kappa shape index (κ1) is 15.5. The highest BCUT2D eigenvalue weighted by Crippen LogP contribution is 2.23. The largest absolute Gasteiger partial charge is 0.378 e. The summed E-state index contributed by atoms with van der Waals surface area (Å²) in [5.41, 5.74) is 1.88. The molecule has 6 heteroatoms. The van der Waals surface area contributed by atoms with E-state index in [-0.39, 0.29) is 6.04 Å². The summed E-state index contributed by atoms with van der Waals surface area (Å²) in [7, 11) is 0. The van der Waals surface area contributed by atoms with Gasteiger partial charge < -0.3 is 10.1 Å². The minimum Gasteiger partial charge on any atom is -0.378 e. The molecule has 0 spiro atoms. The number of pyridine rings is 1. The predicted molar refractivity (Wildman–Crippen MR) is 92.8 cm³/mol. The fraction of sp³-hybridized carbons (Fsp3) is 0.500. The zero-order valence-electron chi connectivity index (χ0n) is 14.0. The molecule has 126 valence electrons. The van der Waals surface area contributed by atoms with Gasteiger partial charge >= 0.3 is 0 Å². The molecule has 2 aliphatic heterocycles. The van der Waals surface area contributed by atoms with Crippen LogP contribution in [0.2, 0.25) is 0 Å². The third-order valence-electron chi connectivity index (χ3n) is 4.77. The summed E-state index contributed by atoms with van der Waals surface area (Å²) >= 11 is 0. The number of likely N-dealkylation sites (tertiary alicyclic amines) is 1. The zero-order valence-corrected chi connectivity index (χ0v) is 14.0. The van der Waals surface area contributed by atoms with Crippen molar-refractivity contribution in [2.24, 2.45) is 0 Å². The third-order valence-corrected chi connectivity index (χ3v) is 4.77. The van der Waals surface area contributed by atoms with Gasteiger partial charge in [-0.3, -0.25) is 9.88 Å². The number of nitrogens with one attached hydrogen (secondary N) is 1. The van der Waals surface area contributed by atoms with Crippen molar-refractivity contribution in [1.82, 2.24) is 19.9 Å². The van der Waals surface area contributed by atoms with Crippen molar-refractivity contribution in [3.8, 4) is 11.4 Å². The number of aryl methyl sites for hydroxylation is 1. The molecule has 2 atom stereocenters. The lowest BCUT2D eigenvalue weighted by atomic mass is 10.1. The Morgan fingerprint density at radius 3 is 2.88 bits per heavy atom. The lowest BCUT2D eigenvalue weighted by Gasteiger charge is -2.28. The molecule has 0 saturated carbocycles. The molecule has 2 fully saturated rings. The van der Waals surface area contributed by atoms with Gasteiger partial charge in [-0.15, -0.1) is 0 Å². The SMILES string of the molecule is Cc1cc(N[C@H]2COC[C@@H]2N2CCCC2)nc(-c2cccnc2)n1. The number of hydrogen-bond donors (Lipinski definition) is 1. The van der Waals surface area contributed by atoms with Crippen LogP contribution in [0.25, 0.3) is 11.4 Å². The maximum atomic E-state index is 5.74. The summed E-state index contributed by atoms with van der Waals surface area (Å²) in [6, 6.07) is 6.60. The van der Waals surface area contributed by atoms with Gasteiger partial charge in [-0.05, 0) is 45.0 Å². The van der Waals surface area contributed by atoms with Crippen molar-refractivity contribution in [1.29, 1.82) is 0 Å². The van der Waals surface area contributed by atoms with Crippen molar-refractivity contribution in [2.75, 3.05) is 31.6 Å². The number of ether oxygens (including phenoxy) is 1. The average Bonchev–Trinajstić information content (AvgIpc) is 3.26. The molecule has 2 saturated heterocycles. The molecule has 4 rings (SSSR count). The normalized spacial score (nSPS) is 24.4. The topological polar surface area (TPSA) is 63.2 Å². The smallest absolute Gasteiger partial charge is 0.163 e. The first-order valence-corrected chi connectivity index (χ1v) is 8.64. The maximum Gasteiger partial charge on any atom is 0.163 e. The molecule has 4 heterocycles. The van der Waals surface area contributed by atoms with Crippen molar-refractivity contribution < 1.29 is 4.74 Å². The monoisotopic (exact) mass is 325 g/mol. The maximum absolute atomic E-state index is 5.74. The van der Waals surface area contributed by atoms with Gasteiger partial charge in [0.2, 0.25) is 0 Å². The Kier molecular flexibility index (Phi) is 4.40. The van der Waals surface area contributed by atoms with Crippen LogP contribution in [0.4, 0.5) is 5.82 Å². The lowest BCUT2D eigenvalue weighted by Crippen LogP contribution is -2.45. The first-order valence-electron chi connectivity index (χ1n) is 8.64. The van der Waals surface area contributed by atoms with Gasteiger partial charge in [0.05, 0.1) is 25.3 Å². The van der Waals surface area contributed by atoms with Crippen molar-refractivity contribution in [3.63, 3.8) is 0 Å². The average molecular weight is 325 g/mol. The van der Waals surface area contributed by atoms with E-state index in [9.17, 15) is 0 Å². The number of anilines is 1. The summed E-state index contributed by atoms with van der Waals surface area (Å²) < 4.78 is 5.74. The van der Waals surface area contributed by atoms with Gasteiger partial charge in [0, 0.05) is 29.7 Å². The second-order valence-corrected chi connectivity index (χ2v) is 6.56. The van der Waals surface area contributed by atoms with Crippen molar-refractivity contribution >= 4 is 5.82 Å². The molecular weight excluding hydrogens is 302 g/mol. The summed E-state index contributed by atoms with van der Waals surface area (Å²) in [5.74, 6) is 1.57. The second kappa shape index (κ2) is 6.83. The molecule has 2 aromatic heterocycles. The number of aromatic nitrogens is 3. The fourth-order valence-corrected chi connectivity index (χ4v) is 3.57. The highest BCUT2D eigenvalue weighted by Gasteiger charge is 2.34. The zero-order chi connectivity index (χ0) is 16.4. The van der Waals surface area contributed by atoms with E-state index in [0.29, 0.717) is 11.9 Å². The molecule has 2 aliphatic rings. The van der Waals surface area contributed by atoms with Crippen LogP contribution in [0.15, 0.2) is 30.6 Å². The van der Waals surface area contributed by atoms with Crippen LogP contribution in [0, 0.1) is 6.92 Å². The van der Waals surface area contributed by atoms with Gasteiger partial charge in [0.25, 0.3) is 0 Å². The van der Waals surface area contributed by atoms with E-state index < -0.39 is 0 Å². The van der Waals surface area contributed by atoms with E-state index in [1.807, 2.05) is 25.1 Å². The Hall–Kier alpha value is -2.05. The first-order chi connectivity index (χ1) is 11.8. The van der Waals surface area contributed by atoms with E-state index in [4.69, 9.17) is 9.72 Å². The molecule has 0 bridgehead atoms. The molecule has 1 N–H and O–H groups in total. The van der Waals surface area contributed by atoms with Crippen molar-refractivity contribution in [3.05, 3.63) is 36.3 Å². The lowest BCUT2D eigenvalue weighted by molar-refractivity contribution is 0.159. The van der Waals surface area contributed by atoms with Crippen molar-refractivity contribution in [2.45, 2.75) is 31.8 Å². The van der Waals surface area contributed by atoms with E-state index in [0.717, 1.165) is 30.3 Å². The minimum atomic E-state index is 0.277. The minimum absolute atomic E-state index is 0.277. The van der Waals surface area contributed by atoms with Gasteiger partial charge in [0.15, 0.2) is 5.82 Å². The summed E-state index contributed by atoms with van der Waals surface area (Å²) in [5, 5.41) is 3.58. The summed E-state index contributed by atoms with van der Waals surface area (Å²) in [6.07, 6.45) is 6.14. The van der Waals surface area contributed by atoms with Crippen LogP contribution in [0.1, 0.15) is 18.5 Å². The molecule has 0 radical (unpaired) electrons. The van der Waals surface area contributed by atoms with E-state index in [1.54, 1.807) is 12.4 Å². The molecular formula is C18H23N5O. The second-order valence-electron chi connectivity index (χ2n) is 6.56. The third kappa shape index (κ3) is 3.25. The van der Waals surface area contributed by atoms with Crippen LogP contribution in [0.3, 0.4) is 0 Å². The fourth-order valence-electron chi connectivity index (χ4n) is 3.57. The standard InChI is InChI=1S/C18H23N5O/c1-13-9-17(22-18(20-13)14-5-4-6-19-10-14)21-15-11-24-12-16(15)23-7-2-3-8-23/h4-6,9-10,15-16H,2-3,7-8,11-12H2,1H3,(H,20,21,22)/t15-,16-/m0/s1. The number of hydrogen-bond acceptors (Lipinski definition) is 6. The summed E-state index contributed by atoms with van der Waals surface area (Å²) in [4.78, 5) is 15.9. The van der Waals surface area contributed by atoms with Gasteiger partial charge in [-0.2, -0.15) is 0 Å². The van der Waals surface area contributed by atoms with E-state index >= 15 is 0 Å². The quantitative estimate of drug-likeness (QED) is 0.929. The molecule has 6 nitrogen and oxygen atoms in total. The Morgan fingerprint density at radius 2 is 2.08 bits per heavy atom. The van der Waals surface area contributed by atoms with Crippen LogP contribution in [0.5, 0.6) is 0 Å². The van der Waals surface area contributed by atoms with Crippen LogP contribution in [-0.2, 0) is 4.74 Å². The van der Waals surface area contributed by atoms with Crippen LogP contribution in [-0.4, -0.2) is 58.2 Å². The molecule has 0 amide bonds. The van der Waals surface area contributed by atoms with Crippen LogP contribution < -0.4 is 5.32 Å². The number of nitrogens with zero attached hydrogens (tertiary/aromatic N) is 4. The van der Waals surface area contributed by atoms with E-state index in [1.165, 1.54) is 25.9 Å². The Morgan fingerprint density at radius 1 is 1.21 bits per heavy atom.